The van der Waals surface area contributed by atoms with Gasteiger partial charge in [-0.05, 0) is 36.8 Å². The maximum atomic E-state index is 5.98. The fourth-order valence-electron chi connectivity index (χ4n) is 3.44. The van der Waals surface area contributed by atoms with Crippen LogP contribution in [0, 0.1) is 6.92 Å². The van der Waals surface area contributed by atoms with E-state index in [0.717, 1.165) is 22.8 Å². The molecule has 0 bridgehead atoms. The van der Waals surface area contributed by atoms with E-state index in [-0.39, 0.29) is 5.95 Å². The zero-order valence-electron chi connectivity index (χ0n) is 17.0. The van der Waals surface area contributed by atoms with Crippen LogP contribution >= 0.6 is 0 Å². The van der Waals surface area contributed by atoms with Crippen molar-refractivity contribution in [2.75, 3.05) is 11.1 Å². The highest BCUT2D eigenvalue weighted by molar-refractivity contribution is 5.59. The molecule has 0 amide bonds. The molecule has 31 heavy (non-hydrogen) atoms. The molecule has 3 N–H and O–H groups in total. The van der Waals surface area contributed by atoms with E-state index < -0.39 is 0 Å². The number of hydrogen-bond donors (Lipinski definition) is 2. The van der Waals surface area contributed by atoms with Crippen molar-refractivity contribution >= 4 is 17.4 Å². The molecule has 0 aliphatic carbocycles. The quantitative estimate of drug-likeness (QED) is 0.437. The van der Waals surface area contributed by atoms with Crippen LogP contribution in [0.25, 0.3) is 17.2 Å². The Labute approximate surface area is 178 Å². The average Bonchev–Trinajstić information content (AvgIpc) is 3.39. The third-order valence-corrected chi connectivity index (χ3v) is 4.91. The molecule has 0 atom stereocenters. The topological polar surface area (TPSA) is 107 Å². The molecule has 4 heterocycles. The van der Waals surface area contributed by atoms with Gasteiger partial charge in [-0.3, -0.25) is 0 Å². The van der Waals surface area contributed by atoms with Gasteiger partial charge in [-0.2, -0.15) is 19.6 Å². The van der Waals surface area contributed by atoms with Gasteiger partial charge in [-0.15, -0.1) is 0 Å². The van der Waals surface area contributed by atoms with Gasteiger partial charge in [0.1, 0.15) is 11.6 Å². The van der Waals surface area contributed by atoms with Gasteiger partial charge in [0.25, 0.3) is 0 Å². The minimum atomic E-state index is 0.171. The first-order valence-corrected chi connectivity index (χ1v) is 9.96. The third-order valence-electron chi connectivity index (χ3n) is 4.91. The van der Waals surface area contributed by atoms with Gasteiger partial charge < -0.3 is 15.5 Å². The summed E-state index contributed by atoms with van der Waals surface area (Å²) in [6.07, 6.45) is 2.34. The maximum Gasteiger partial charge on any atom is 0.224 e. The van der Waals surface area contributed by atoms with Crippen LogP contribution in [0.3, 0.4) is 0 Å². The van der Waals surface area contributed by atoms with Crippen LogP contribution < -0.4 is 11.1 Å². The van der Waals surface area contributed by atoms with Crippen molar-refractivity contribution in [1.82, 2.24) is 24.6 Å². The molecule has 0 radical (unpaired) electrons. The first kappa shape index (κ1) is 18.8. The van der Waals surface area contributed by atoms with E-state index in [4.69, 9.17) is 15.1 Å². The fraction of sp³-hybridized carbons (Fsp3) is 0.130. The number of hydrogen-bond acceptors (Lipinski definition) is 7. The van der Waals surface area contributed by atoms with Crippen molar-refractivity contribution in [2.45, 2.75) is 19.9 Å². The molecular weight excluding hydrogens is 390 g/mol. The summed E-state index contributed by atoms with van der Waals surface area (Å²) in [7, 11) is 0. The zero-order valence-corrected chi connectivity index (χ0v) is 17.0. The first-order chi connectivity index (χ1) is 15.2. The van der Waals surface area contributed by atoms with Crippen molar-refractivity contribution in [3.05, 3.63) is 89.4 Å². The number of rotatable bonds is 6. The highest BCUT2D eigenvalue weighted by atomic mass is 16.3. The molecule has 0 saturated carbocycles. The van der Waals surface area contributed by atoms with Crippen molar-refractivity contribution < 1.29 is 4.42 Å². The Morgan fingerprint density at radius 3 is 2.65 bits per heavy atom. The molecule has 4 aromatic heterocycles. The van der Waals surface area contributed by atoms with Gasteiger partial charge in [-0.1, -0.05) is 36.4 Å². The number of furan rings is 1. The van der Waals surface area contributed by atoms with Gasteiger partial charge in [0.15, 0.2) is 11.4 Å². The van der Waals surface area contributed by atoms with Gasteiger partial charge in [0, 0.05) is 24.2 Å². The van der Waals surface area contributed by atoms with E-state index in [0.29, 0.717) is 30.2 Å². The molecule has 0 unspecified atom stereocenters. The normalized spacial score (nSPS) is 11.1. The zero-order chi connectivity index (χ0) is 21.2. The molecule has 0 fully saturated rings. The second-order valence-electron chi connectivity index (χ2n) is 7.25. The minimum Gasteiger partial charge on any atom is -0.458 e. The van der Waals surface area contributed by atoms with Crippen LogP contribution in [0.15, 0.2) is 71.3 Å². The van der Waals surface area contributed by atoms with E-state index in [1.165, 1.54) is 5.56 Å². The van der Waals surface area contributed by atoms with Crippen LogP contribution in [-0.4, -0.2) is 24.6 Å². The number of aromatic nitrogens is 5. The molecule has 0 saturated heterocycles. The summed E-state index contributed by atoms with van der Waals surface area (Å²) < 4.78 is 7.37. The summed E-state index contributed by atoms with van der Waals surface area (Å²) in [5.41, 5.74) is 9.63. The molecule has 5 rings (SSSR count). The van der Waals surface area contributed by atoms with Gasteiger partial charge in [0.05, 0.1) is 6.20 Å². The van der Waals surface area contributed by atoms with Crippen molar-refractivity contribution in [3.8, 4) is 11.6 Å². The number of fused-ring (bicyclic) bond motifs is 1. The van der Waals surface area contributed by atoms with Crippen molar-refractivity contribution in [2.24, 2.45) is 0 Å². The molecule has 0 aliphatic heterocycles. The summed E-state index contributed by atoms with van der Waals surface area (Å²) in [4.78, 5) is 13.5. The Bertz CT molecular complexity index is 1340. The second kappa shape index (κ2) is 7.91. The van der Waals surface area contributed by atoms with Gasteiger partial charge in [0.2, 0.25) is 11.8 Å². The molecule has 8 heteroatoms. The standard InChI is InChI=1S/C23H21N7O/c1-15-10-11-19(31-15)22-29-23(24)28-21-17(14-26-30(21)22)12-18-8-5-9-20(27-18)25-13-16-6-3-2-4-7-16/h2-11,14H,12-13H2,1H3,(H2,24,28)(H,25,27). The van der Waals surface area contributed by atoms with E-state index in [2.05, 4.69) is 32.5 Å². The minimum absolute atomic E-state index is 0.171. The maximum absolute atomic E-state index is 5.98. The van der Waals surface area contributed by atoms with Crippen molar-refractivity contribution in [1.29, 1.82) is 0 Å². The second-order valence-corrected chi connectivity index (χ2v) is 7.25. The Morgan fingerprint density at radius 1 is 0.968 bits per heavy atom. The Morgan fingerprint density at radius 2 is 1.84 bits per heavy atom. The largest absolute Gasteiger partial charge is 0.458 e. The number of pyridine rings is 1. The fourth-order valence-corrected chi connectivity index (χ4v) is 3.44. The predicted molar refractivity (Wildman–Crippen MR) is 118 cm³/mol. The predicted octanol–water partition coefficient (Wildman–Crippen LogP) is 3.87. The SMILES string of the molecule is Cc1ccc(-c2nc(N)nc3c(Cc4cccc(NCc5ccccc5)n4)cnn23)o1. The van der Waals surface area contributed by atoms with E-state index in [1.54, 1.807) is 10.7 Å². The summed E-state index contributed by atoms with van der Waals surface area (Å²) >= 11 is 0. The third kappa shape index (κ3) is 3.95. The number of nitrogens with two attached hydrogens (primary N) is 1. The number of aryl methyl sites for hydroxylation is 1. The van der Waals surface area contributed by atoms with Crippen molar-refractivity contribution in [3.63, 3.8) is 0 Å². The van der Waals surface area contributed by atoms with Gasteiger partial charge in [-0.25, -0.2) is 4.98 Å². The van der Waals surface area contributed by atoms with Crippen LogP contribution in [-0.2, 0) is 13.0 Å². The molecular formula is C23H21N7O. The average molecular weight is 411 g/mol. The van der Waals surface area contributed by atoms with Gasteiger partial charge >= 0.3 is 0 Å². The Kier molecular flexibility index (Phi) is 4.80. The lowest BCUT2D eigenvalue weighted by Crippen LogP contribution is -2.05. The molecule has 0 spiro atoms. The molecule has 5 aromatic rings. The Balaban J connectivity index is 1.41. The van der Waals surface area contributed by atoms with Crippen LogP contribution in [0.5, 0.6) is 0 Å². The number of anilines is 2. The summed E-state index contributed by atoms with van der Waals surface area (Å²) in [6, 6.07) is 19.9. The molecule has 8 nitrogen and oxygen atoms in total. The number of nitrogen functional groups attached to an aromatic ring is 1. The summed E-state index contributed by atoms with van der Waals surface area (Å²) in [5, 5.41) is 7.84. The molecule has 1 aromatic carbocycles. The Hall–Kier alpha value is -4.20. The lowest BCUT2D eigenvalue weighted by molar-refractivity contribution is 0.541. The monoisotopic (exact) mass is 411 g/mol. The van der Waals surface area contributed by atoms with E-state index in [9.17, 15) is 0 Å². The molecule has 154 valence electrons. The lowest BCUT2D eigenvalue weighted by Gasteiger charge is -2.08. The first-order valence-electron chi connectivity index (χ1n) is 9.96. The number of nitrogens with one attached hydrogen (secondary N) is 1. The summed E-state index contributed by atoms with van der Waals surface area (Å²) in [5.74, 6) is 2.89. The number of nitrogens with zero attached hydrogens (tertiary/aromatic N) is 5. The summed E-state index contributed by atoms with van der Waals surface area (Å²) in [6.45, 7) is 2.59. The smallest absolute Gasteiger partial charge is 0.224 e. The highest BCUT2D eigenvalue weighted by Gasteiger charge is 2.16. The molecule has 0 aliphatic rings. The van der Waals surface area contributed by atoms with E-state index >= 15 is 0 Å². The van der Waals surface area contributed by atoms with Crippen LogP contribution in [0.1, 0.15) is 22.6 Å². The lowest BCUT2D eigenvalue weighted by atomic mass is 10.1. The number of benzene rings is 1. The van der Waals surface area contributed by atoms with Crippen LogP contribution in [0.4, 0.5) is 11.8 Å². The van der Waals surface area contributed by atoms with Crippen LogP contribution in [0.2, 0.25) is 0 Å². The van der Waals surface area contributed by atoms with E-state index in [1.807, 2.05) is 55.5 Å². The highest BCUT2D eigenvalue weighted by Crippen LogP contribution is 2.23.